The van der Waals surface area contributed by atoms with Crippen LogP contribution in [0.4, 0.5) is 5.69 Å². The average molecular weight is 307 g/mol. The molecule has 7 nitrogen and oxygen atoms in total. The maximum atomic E-state index is 10.7. The van der Waals surface area contributed by atoms with Gasteiger partial charge in [-0.1, -0.05) is 12.1 Å². The van der Waals surface area contributed by atoms with E-state index in [1.165, 1.54) is 0 Å². The normalized spacial score (nSPS) is 21.5. The van der Waals surface area contributed by atoms with Crippen molar-refractivity contribution >= 4 is 5.69 Å². The Morgan fingerprint density at radius 1 is 0.955 bits per heavy atom. The third-order valence-electron chi connectivity index (χ3n) is 3.71. The molecule has 1 atom stereocenters. The van der Waals surface area contributed by atoms with Gasteiger partial charge in [0.05, 0.1) is 4.92 Å². The Hall–Kier alpha value is -1.54. The molecular formula is C15H25N5O2. The number of benzene rings is 1. The zero-order chi connectivity index (χ0) is 15.6. The molecule has 1 aliphatic rings. The van der Waals surface area contributed by atoms with Crippen LogP contribution in [0, 0.1) is 10.1 Å². The SMILES string of the molecule is O=[N+]([O-])c1ccc(C[C@H]2CNCCNCCNCCN2)cc1. The van der Waals surface area contributed by atoms with Crippen molar-refractivity contribution in [3.8, 4) is 0 Å². The summed E-state index contributed by atoms with van der Waals surface area (Å²) in [6, 6.07) is 7.15. The van der Waals surface area contributed by atoms with Crippen LogP contribution in [0.2, 0.25) is 0 Å². The zero-order valence-electron chi connectivity index (χ0n) is 12.8. The molecule has 2 rings (SSSR count). The fraction of sp³-hybridized carbons (Fsp3) is 0.600. The van der Waals surface area contributed by atoms with Gasteiger partial charge in [-0.2, -0.15) is 0 Å². The monoisotopic (exact) mass is 307 g/mol. The highest BCUT2D eigenvalue weighted by atomic mass is 16.6. The van der Waals surface area contributed by atoms with Crippen molar-refractivity contribution in [2.24, 2.45) is 0 Å². The van der Waals surface area contributed by atoms with Crippen LogP contribution in [0.15, 0.2) is 24.3 Å². The van der Waals surface area contributed by atoms with Crippen LogP contribution in [0.3, 0.4) is 0 Å². The molecule has 0 saturated carbocycles. The van der Waals surface area contributed by atoms with Gasteiger partial charge in [-0.3, -0.25) is 10.1 Å². The second-order valence-electron chi connectivity index (χ2n) is 5.48. The van der Waals surface area contributed by atoms with Crippen LogP contribution in [-0.4, -0.2) is 56.8 Å². The molecule has 0 spiro atoms. The molecule has 1 aliphatic heterocycles. The molecule has 7 heteroatoms. The summed E-state index contributed by atoms with van der Waals surface area (Å²) in [6.45, 7) is 6.63. The minimum absolute atomic E-state index is 0.142. The average Bonchev–Trinajstić information content (AvgIpc) is 2.50. The first kappa shape index (κ1) is 16.8. The molecule has 1 saturated heterocycles. The second-order valence-corrected chi connectivity index (χ2v) is 5.48. The molecule has 122 valence electrons. The number of nitro groups is 1. The van der Waals surface area contributed by atoms with Gasteiger partial charge in [-0.05, 0) is 12.0 Å². The lowest BCUT2D eigenvalue weighted by atomic mass is 10.1. The van der Waals surface area contributed by atoms with E-state index in [1.807, 2.05) is 12.1 Å². The number of rotatable bonds is 3. The summed E-state index contributed by atoms with van der Waals surface area (Å²) >= 11 is 0. The first-order valence-corrected chi connectivity index (χ1v) is 7.84. The van der Waals surface area contributed by atoms with Crippen molar-refractivity contribution in [2.75, 3.05) is 45.8 Å². The quantitative estimate of drug-likeness (QED) is 0.460. The summed E-state index contributed by atoms with van der Waals surface area (Å²) in [5, 5.41) is 24.4. The van der Waals surface area contributed by atoms with Crippen molar-refractivity contribution in [2.45, 2.75) is 12.5 Å². The molecule has 0 bridgehead atoms. The van der Waals surface area contributed by atoms with Crippen molar-refractivity contribution in [1.29, 1.82) is 0 Å². The van der Waals surface area contributed by atoms with E-state index < -0.39 is 0 Å². The van der Waals surface area contributed by atoms with E-state index >= 15 is 0 Å². The topological polar surface area (TPSA) is 91.3 Å². The van der Waals surface area contributed by atoms with Crippen molar-refractivity contribution < 1.29 is 4.92 Å². The smallest absolute Gasteiger partial charge is 0.269 e. The molecular weight excluding hydrogens is 282 g/mol. The van der Waals surface area contributed by atoms with E-state index in [1.54, 1.807) is 12.1 Å². The number of nitrogens with zero attached hydrogens (tertiary/aromatic N) is 1. The van der Waals surface area contributed by atoms with Gasteiger partial charge in [-0.15, -0.1) is 0 Å². The fourth-order valence-corrected chi connectivity index (χ4v) is 2.50. The van der Waals surface area contributed by atoms with Gasteiger partial charge >= 0.3 is 0 Å². The Kier molecular flexibility index (Phi) is 7.24. The predicted octanol–water partition coefficient (Wildman–Crippen LogP) is -0.122. The lowest BCUT2D eigenvalue weighted by Crippen LogP contribution is -2.46. The molecule has 0 amide bonds. The highest BCUT2D eigenvalue weighted by Crippen LogP contribution is 2.13. The van der Waals surface area contributed by atoms with Crippen LogP contribution in [0.1, 0.15) is 5.56 Å². The summed E-state index contributed by atoms with van der Waals surface area (Å²) in [7, 11) is 0. The summed E-state index contributed by atoms with van der Waals surface area (Å²) in [6.07, 6.45) is 0.860. The van der Waals surface area contributed by atoms with E-state index in [9.17, 15) is 10.1 Å². The van der Waals surface area contributed by atoms with Crippen LogP contribution in [-0.2, 0) is 6.42 Å². The van der Waals surface area contributed by atoms with Crippen LogP contribution in [0.5, 0.6) is 0 Å². The molecule has 1 fully saturated rings. The molecule has 4 N–H and O–H groups in total. The lowest BCUT2D eigenvalue weighted by Gasteiger charge is -2.21. The number of nitro benzene ring substituents is 1. The van der Waals surface area contributed by atoms with Crippen molar-refractivity contribution in [3.05, 3.63) is 39.9 Å². The third kappa shape index (κ3) is 6.07. The van der Waals surface area contributed by atoms with E-state index in [-0.39, 0.29) is 10.6 Å². The summed E-state index contributed by atoms with van der Waals surface area (Å²) in [5.41, 5.74) is 1.26. The molecule has 0 unspecified atom stereocenters. The standard InChI is InChI=1S/C15H25N5O2/c21-20(22)15-3-1-13(2-4-15)11-14-12-18-8-7-16-5-6-17-9-10-19-14/h1-4,14,16-19H,5-12H2/t14-/m0/s1. The van der Waals surface area contributed by atoms with Crippen molar-refractivity contribution in [1.82, 2.24) is 21.3 Å². The molecule has 1 heterocycles. The van der Waals surface area contributed by atoms with Gasteiger partial charge in [0.2, 0.25) is 0 Å². The molecule has 22 heavy (non-hydrogen) atoms. The first-order valence-electron chi connectivity index (χ1n) is 7.84. The third-order valence-corrected chi connectivity index (χ3v) is 3.71. The largest absolute Gasteiger partial charge is 0.314 e. The van der Waals surface area contributed by atoms with E-state index in [4.69, 9.17) is 0 Å². The lowest BCUT2D eigenvalue weighted by molar-refractivity contribution is -0.384. The second kappa shape index (κ2) is 9.47. The Balaban J connectivity index is 1.87. The van der Waals surface area contributed by atoms with Gasteiger partial charge in [0.1, 0.15) is 0 Å². The highest BCUT2D eigenvalue weighted by Gasteiger charge is 2.11. The summed E-state index contributed by atoms with van der Waals surface area (Å²) < 4.78 is 0. The van der Waals surface area contributed by atoms with Gasteiger partial charge in [0.25, 0.3) is 5.69 Å². The molecule has 1 aromatic carbocycles. The first-order chi connectivity index (χ1) is 10.8. The molecule has 0 aliphatic carbocycles. The summed E-state index contributed by atoms with van der Waals surface area (Å²) in [5.74, 6) is 0. The van der Waals surface area contributed by atoms with Gasteiger partial charge in [-0.25, -0.2) is 0 Å². The van der Waals surface area contributed by atoms with Gasteiger partial charge in [0, 0.05) is 64.0 Å². The minimum Gasteiger partial charge on any atom is -0.314 e. The van der Waals surface area contributed by atoms with Crippen LogP contribution < -0.4 is 21.3 Å². The Bertz CT molecular complexity index is 440. The number of non-ortho nitro benzene ring substituents is 1. The van der Waals surface area contributed by atoms with Crippen LogP contribution in [0.25, 0.3) is 0 Å². The number of hydrogen-bond acceptors (Lipinski definition) is 6. The highest BCUT2D eigenvalue weighted by molar-refractivity contribution is 5.33. The predicted molar refractivity (Wildman–Crippen MR) is 87.2 cm³/mol. The van der Waals surface area contributed by atoms with Crippen LogP contribution >= 0.6 is 0 Å². The fourth-order valence-electron chi connectivity index (χ4n) is 2.50. The van der Waals surface area contributed by atoms with Gasteiger partial charge < -0.3 is 21.3 Å². The maximum Gasteiger partial charge on any atom is 0.269 e. The molecule has 0 aromatic heterocycles. The zero-order valence-corrected chi connectivity index (χ0v) is 12.8. The van der Waals surface area contributed by atoms with E-state index in [2.05, 4.69) is 21.3 Å². The van der Waals surface area contributed by atoms with Gasteiger partial charge in [0.15, 0.2) is 0 Å². The summed E-state index contributed by atoms with van der Waals surface area (Å²) in [4.78, 5) is 10.3. The van der Waals surface area contributed by atoms with E-state index in [0.29, 0.717) is 6.04 Å². The molecule has 1 aromatic rings. The maximum absolute atomic E-state index is 10.7. The molecule has 0 radical (unpaired) electrons. The number of nitrogens with one attached hydrogen (secondary N) is 4. The van der Waals surface area contributed by atoms with E-state index in [0.717, 1.165) is 57.8 Å². The number of hydrogen-bond donors (Lipinski definition) is 4. The Morgan fingerprint density at radius 3 is 2.18 bits per heavy atom. The van der Waals surface area contributed by atoms with Crippen molar-refractivity contribution in [3.63, 3.8) is 0 Å². The Morgan fingerprint density at radius 2 is 1.55 bits per heavy atom. The Labute approximate surface area is 131 Å². The minimum atomic E-state index is -0.363.